The van der Waals surface area contributed by atoms with Crippen molar-refractivity contribution in [1.82, 2.24) is 10.6 Å². The molecule has 0 heterocycles. The number of halogens is 2. The minimum absolute atomic E-state index is 0. The number of benzene rings is 2. The van der Waals surface area contributed by atoms with Gasteiger partial charge >= 0.3 is 0 Å². The van der Waals surface area contributed by atoms with E-state index in [1.54, 1.807) is 12.1 Å². The zero-order chi connectivity index (χ0) is 15.8. The highest BCUT2D eigenvalue weighted by Gasteiger charge is 2.02. The van der Waals surface area contributed by atoms with Crippen molar-refractivity contribution in [2.45, 2.75) is 26.9 Å². The summed E-state index contributed by atoms with van der Waals surface area (Å²) in [5, 5.41) is 6.34. The second-order valence-corrected chi connectivity index (χ2v) is 5.13. The van der Waals surface area contributed by atoms with Crippen LogP contribution >= 0.6 is 24.0 Å². The van der Waals surface area contributed by atoms with Crippen LogP contribution in [0.4, 0.5) is 4.39 Å². The van der Waals surface area contributed by atoms with Gasteiger partial charge in [0, 0.05) is 18.7 Å². The summed E-state index contributed by atoms with van der Waals surface area (Å²) in [6.07, 6.45) is 0. The van der Waals surface area contributed by atoms with Crippen LogP contribution in [0.15, 0.2) is 53.5 Å². The third-order valence-electron chi connectivity index (χ3n) is 3.25. The summed E-state index contributed by atoms with van der Waals surface area (Å²) in [5.41, 5.74) is 3.00. The maximum Gasteiger partial charge on any atom is 0.191 e. The second kappa shape index (κ2) is 10.2. The fourth-order valence-electron chi connectivity index (χ4n) is 2.14. The van der Waals surface area contributed by atoms with Crippen molar-refractivity contribution >= 4 is 29.9 Å². The fourth-order valence-corrected chi connectivity index (χ4v) is 2.14. The van der Waals surface area contributed by atoms with Gasteiger partial charge in [0.05, 0.1) is 6.54 Å². The van der Waals surface area contributed by atoms with Crippen LogP contribution in [0.1, 0.15) is 23.6 Å². The topological polar surface area (TPSA) is 36.4 Å². The van der Waals surface area contributed by atoms with Gasteiger partial charge in [0.15, 0.2) is 5.96 Å². The van der Waals surface area contributed by atoms with Crippen molar-refractivity contribution in [2.24, 2.45) is 4.99 Å². The van der Waals surface area contributed by atoms with Gasteiger partial charge in [-0.25, -0.2) is 9.38 Å². The van der Waals surface area contributed by atoms with E-state index in [-0.39, 0.29) is 29.8 Å². The summed E-state index contributed by atoms with van der Waals surface area (Å²) in [6.45, 7) is 5.83. The molecular formula is C18H23FIN3. The van der Waals surface area contributed by atoms with Gasteiger partial charge in [-0.2, -0.15) is 0 Å². The molecule has 0 spiro atoms. The molecule has 23 heavy (non-hydrogen) atoms. The van der Waals surface area contributed by atoms with Crippen LogP contribution in [0.2, 0.25) is 0 Å². The predicted molar refractivity (Wildman–Crippen MR) is 105 cm³/mol. The molecule has 124 valence electrons. The molecule has 0 saturated heterocycles. The van der Waals surface area contributed by atoms with Crippen LogP contribution in [0.5, 0.6) is 0 Å². The van der Waals surface area contributed by atoms with Gasteiger partial charge in [0.2, 0.25) is 0 Å². The molecule has 5 heteroatoms. The zero-order valence-electron chi connectivity index (χ0n) is 13.5. The van der Waals surface area contributed by atoms with E-state index in [1.807, 2.05) is 19.1 Å². The predicted octanol–water partition coefficient (Wildman–Crippen LogP) is 4.01. The lowest BCUT2D eigenvalue weighted by molar-refractivity contribution is 0.604. The summed E-state index contributed by atoms with van der Waals surface area (Å²) in [6, 6.07) is 15.0. The average Bonchev–Trinajstić information content (AvgIpc) is 2.51. The van der Waals surface area contributed by atoms with Crippen molar-refractivity contribution in [3.8, 4) is 0 Å². The lowest BCUT2D eigenvalue weighted by Gasteiger charge is -2.12. The number of aliphatic imine (C=N–C) groups is 1. The minimum atomic E-state index is -0.204. The molecule has 0 saturated carbocycles. The number of hydrogen-bond donors (Lipinski definition) is 2. The first-order valence-corrected chi connectivity index (χ1v) is 7.50. The number of rotatable bonds is 5. The molecule has 0 fully saturated rings. The van der Waals surface area contributed by atoms with Crippen LogP contribution in [0, 0.1) is 12.7 Å². The Kier molecular flexibility index (Phi) is 8.61. The van der Waals surface area contributed by atoms with Crippen LogP contribution < -0.4 is 10.6 Å². The Balaban J connectivity index is 0.00000264. The fraction of sp³-hybridized carbons (Fsp3) is 0.278. The van der Waals surface area contributed by atoms with E-state index in [1.165, 1.54) is 11.6 Å². The Hall–Kier alpha value is -1.63. The number of nitrogens with one attached hydrogen (secondary N) is 2. The first kappa shape index (κ1) is 19.4. The molecule has 0 atom stereocenters. The Morgan fingerprint density at radius 1 is 1.09 bits per heavy atom. The van der Waals surface area contributed by atoms with E-state index in [0.717, 1.165) is 12.1 Å². The lowest BCUT2D eigenvalue weighted by Crippen LogP contribution is -2.37. The second-order valence-electron chi connectivity index (χ2n) is 5.13. The third kappa shape index (κ3) is 6.56. The summed E-state index contributed by atoms with van der Waals surface area (Å²) in [7, 11) is 0. The van der Waals surface area contributed by atoms with E-state index < -0.39 is 0 Å². The van der Waals surface area contributed by atoms with Gasteiger partial charge in [-0.1, -0.05) is 48.0 Å². The van der Waals surface area contributed by atoms with Crippen LogP contribution in [-0.2, 0) is 13.1 Å². The molecule has 2 N–H and O–H groups in total. The Labute approximate surface area is 154 Å². The Morgan fingerprint density at radius 2 is 1.87 bits per heavy atom. The van der Waals surface area contributed by atoms with Gasteiger partial charge < -0.3 is 10.6 Å². The lowest BCUT2D eigenvalue weighted by atomic mass is 10.1. The van der Waals surface area contributed by atoms with Gasteiger partial charge in [-0.3, -0.25) is 0 Å². The molecule has 2 aromatic rings. The summed E-state index contributed by atoms with van der Waals surface area (Å²) < 4.78 is 13.6. The molecule has 3 nitrogen and oxygen atoms in total. The molecule has 0 aliphatic carbocycles. The molecule has 2 aromatic carbocycles. The Bertz CT molecular complexity index is 644. The molecule has 2 rings (SSSR count). The molecule has 0 aliphatic heterocycles. The monoisotopic (exact) mass is 427 g/mol. The number of nitrogens with zero attached hydrogens (tertiary/aromatic N) is 1. The van der Waals surface area contributed by atoms with E-state index >= 15 is 0 Å². The standard InChI is InChI=1S/C18H22FN3.HI/c1-3-20-18(21-12-15-8-6-7-14(2)11-15)22-13-16-9-4-5-10-17(16)19;/h4-11H,3,12-13H2,1-2H3,(H2,20,21,22);1H. The van der Waals surface area contributed by atoms with E-state index in [9.17, 15) is 4.39 Å². The molecule has 0 amide bonds. The summed E-state index contributed by atoms with van der Waals surface area (Å²) in [4.78, 5) is 4.54. The van der Waals surface area contributed by atoms with Crippen molar-refractivity contribution in [2.75, 3.05) is 6.54 Å². The van der Waals surface area contributed by atoms with Crippen molar-refractivity contribution < 1.29 is 4.39 Å². The summed E-state index contributed by atoms with van der Waals surface area (Å²) >= 11 is 0. The van der Waals surface area contributed by atoms with E-state index in [0.29, 0.717) is 24.6 Å². The van der Waals surface area contributed by atoms with E-state index in [4.69, 9.17) is 0 Å². The van der Waals surface area contributed by atoms with Gasteiger partial charge in [-0.15, -0.1) is 24.0 Å². The smallest absolute Gasteiger partial charge is 0.191 e. The minimum Gasteiger partial charge on any atom is -0.357 e. The first-order chi connectivity index (χ1) is 10.7. The van der Waals surface area contributed by atoms with Crippen molar-refractivity contribution in [3.05, 3.63) is 71.0 Å². The molecule has 0 aromatic heterocycles. The average molecular weight is 427 g/mol. The van der Waals surface area contributed by atoms with E-state index in [2.05, 4.69) is 40.7 Å². The SMILES string of the molecule is CCNC(=NCc1cccc(C)c1)NCc1ccccc1F.I. The maximum atomic E-state index is 13.6. The van der Waals surface area contributed by atoms with Crippen molar-refractivity contribution in [1.29, 1.82) is 0 Å². The molecule has 0 radical (unpaired) electrons. The highest BCUT2D eigenvalue weighted by atomic mass is 127. The van der Waals surface area contributed by atoms with Crippen LogP contribution in [0.25, 0.3) is 0 Å². The van der Waals surface area contributed by atoms with Crippen LogP contribution in [0.3, 0.4) is 0 Å². The maximum absolute atomic E-state index is 13.6. The third-order valence-corrected chi connectivity index (χ3v) is 3.25. The number of aryl methyl sites for hydroxylation is 1. The van der Waals surface area contributed by atoms with Gasteiger partial charge in [-0.05, 0) is 25.5 Å². The molecule has 0 unspecified atom stereocenters. The quantitative estimate of drug-likeness (QED) is 0.430. The highest BCUT2D eigenvalue weighted by molar-refractivity contribution is 14.0. The van der Waals surface area contributed by atoms with Crippen molar-refractivity contribution in [3.63, 3.8) is 0 Å². The summed E-state index contributed by atoms with van der Waals surface area (Å²) in [5.74, 6) is 0.483. The first-order valence-electron chi connectivity index (χ1n) is 7.50. The Morgan fingerprint density at radius 3 is 2.57 bits per heavy atom. The molecule has 0 bridgehead atoms. The van der Waals surface area contributed by atoms with Gasteiger partial charge in [0.1, 0.15) is 5.82 Å². The molecular weight excluding hydrogens is 404 g/mol. The largest absolute Gasteiger partial charge is 0.357 e. The zero-order valence-corrected chi connectivity index (χ0v) is 15.8. The van der Waals surface area contributed by atoms with Crippen LogP contribution in [-0.4, -0.2) is 12.5 Å². The van der Waals surface area contributed by atoms with Gasteiger partial charge in [0.25, 0.3) is 0 Å². The highest BCUT2D eigenvalue weighted by Crippen LogP contribution is 2.06. The number of hydrogen-bond acceptors (Lipinski definition) is 1. The number of guanidine groups is 1. The normalized spacial score (nSPS) is 10.8. The molecule has 0 aliphatic rings.